The zero-order valence-corrected chi connectivity index (χ0v) is 11.1. The molecule has 1 aromatic rings. The third-order valence-corrected chi connectivity index (χ3v) is 2.78. The molecule has 0 aromatic heterocycles. The van der Waals surface area contributed by atoms with Gasteiger partial charge >= 0.3 is 6.18 Å². The fraction of sp³-hybridized carbons (Fsp3) is 0.467. The fourth-order valence-electron chi connectivity index (χ4n) is 1.84. The van der Waals surface area contributed by atoms with Crippen LogP contribution in [0.25, 0.3) is 0 Å². The summed E-state index contributed by atoms with van der Waals surface area (Å²) in [5, 5.41) is 3.29. The summed E-state index contributed by atoms with van der Waals surface area (Å²) in [6.07, 6.45) is -2.89. The molecule has 4 heteroatoms. The lowest BCUT2D eigenvalue weighted by atomic mass is 10.0. The quantitative estimate of drug-likeness (QED) is 0.805. The molecule has 1 rings (SSSR count). The first-order valence-corrected chi connectivity index (χ1v) is 6.26. The summed E-state index contributed by atoms with van der Waals surface area (Å²) < 4.78 is 37.3. The van der Waals surface area contributed by atoms with Gasteiger partial charge in [0.25, 0.3) is 0 Å². The number of likely N-dealkylation sites (N-methyl/N-ethyl adjacent to an activating group) is 1. The van der Waals surface area contributed by atoms with Crippen molar-refractivity contribution in [1.82, 2.24) is 5.32 Å². The zero-order chi connectivity index (χ0) is 14.3. The summed E-state index contributed by atoms with van der Waals surface area (Å²) in [6.45, 7) is 4.59. The van der Waals surface area contributed by atoms with Gasteiger partial charge in [-0.3, -0.25) is 0 Å². The second-order valence-electron chi connectivity index (χ2n) is 4.28. The van der Waals surface area contributed by atoms with Gasteiger partial charge in [0, 0.05) is 12.5 Å². The first kappa shape index (κ1) is 15.6. The van der Waals surface area contributed by atoms with Gasteiger partial charge in [0.1, 0.15) is 0 Å². The van der Waals surface area contributed by atoms with Crippen molar-refractivity contribution >= 4 is 0 Å². The lowest BCUT2D eigenvalue weighted by Crippen LogP contribution is -2.30. The van der Waals surface area contributed by atoms with Gasteiger partial charge in [-0.15, -0.1) is 11.8 Å². The van der Waals surface area contributed by atoms with Gasteiger partial charge < -0.3 is 5.32 Å². The van der Waals surface area contributed by atoms with Crippen molar-refractivity contribution in [2.45, 2.75) is 38.9 Å². The van der Waals surface area contributed by atoms with Crippen LogP contribution in [0, 0.1) is 11.8 Å². The van der Waals surface area contributed by atoms with Gasteiger partial charge in [-0.05, 0) is 37.6 Å². The van der Waals surface area contributed by atoms with E-state index in [9.17, 15) is 13.2 Å². The number of alkyl halides is 3. The Morgan fingerprint density at radius 2 is 1.84 bits per heavy atom. The lowest BCUT2D eigenvalue weighted by molar-refractivity contribution is -0.137. The van der Waals surface area contributed by atoms with Crippen molar-refractivity contribution in [1.29, 1.82) is 0 Å². The second-order valence-corrected chi connectivity index (χ2v) is 4.28. The molecule has 0 aliphatic rings. The van der Waals surface area contributed by atoms with Crippen LogP contribution in [0.15, 0.2) is 24.3 Å². The van der Waals surface area contributed by atoms with E-state index >= 15 is 0 Å². The van der Waals surface area contributed by atoms with Gasteiger partial charge in [0.05, 0.1) is 5.56 Å². The Bertz CT molecular complexity index is 437. The maximum absolute atomic E-state index is 12.4. The molecule has 0 spiro atoms. The molecule has 19 heavy (non-hydrogen) atoms. The van der Waals surface area contributed by atoms with Crippen LogP contribution in [-0.2, 0) is 12.6 Å². The van der Waals surface area contributed by atoms with Crippen LogP contribution in [0.4, 0.5) is 13.2 Å². The maximum atomic E-state index is 12.4. The number of halogens is 3. The van der Waals surface area contributed by atoms with Crippen molar-refractivity contribution in [3.63, 3.8) is 0 Å². The predicted molar refractivity (Wildman–Crippen MR) is 70.7 cm³/mol. The summed E-state index contributed by atoms with van der Waals surface area (Å²) in [7, 11) is 0. The highest BCUT2D eigenvalue weighted by Crippen LogP contribution is 2.29. The second kappa shape index (κ2) is 7.20. The molecule has 1 nitrogen and oxygen atoms in total. The average molecular weight is 269 g/mol. The minimum absolute atomic E-state index is 0.175. The number of hydrogen-bond donors (Lipinski definition) is 1. The van der Waals surface area contributed by atoms with Crippen LogP contribution < -0.4 is 5.32 Å². The van der Waals surface area contributed by atoms with E-state index in [2.05, 4.69) is 17.2 Å². The van der Waals surface area contributed by atoms with Crippen LogP contribution in [0.1, 0.15) is 31.4 Å². The maximum Gasteiger partial charge on any atom is 0.416 e. The molecular weight excluding hydrogens is 251 g/mol. The van der Waals surface area contributed by atoms with E-state index in [0.29, 0.717) is 12.8 Å². The summed E-state index contributed by atoms with van der Waals surface area (Å²) in [6, 6.07) is 5.50. The molecular formula is C15H18F3N. The zero-order valence-electron chi connectivity index (χ0n) is 11.1. The molecule has 0 aliphatic carbocycles. The van der Waals surface area contributed by atoms with E-state index in [1.165, 1.54) is 12.1 Å². The number of hydrogen-bond acceptors (Lipinski definition) is 1. The summed E-state index contributed by atoms with van der Waals surface area (Å²) in [4.78, 5) is 0. The highest BCUT2D eigenvalue weighted by Gasteiger charge is 2.29. The van der Waals surface area contributed by atoms with Crippen molar-refractivity contribution in [3.05, 3.63) is 35.4 Å². The molecule has 0 saturated carbocycles. The molecule has 0 bridgehead atoms. The molecule has 0 aliphatic heterocycles. The Morgan fingerprint density at radius 1 is 1.21 bits per heavy atom. The molecule has 104 valence electrons. The van der Waals surface area contributed by atoms with Gasteiger partial charge in [-0.1, -0.05) is 19.1 Å². The molecule has 0 saturated heterocycles. The lowest BCUT2D eigenvalue weighted by Gasteiger charge is -2.15. The van der Waals surface area contributed by atoms with E-state index in [4.69, 9.17) is 0 Å². The molecule has 0 amide bonds. The SMILES string of the molecule is CC#CCC(Cc1ccc(C(F)(F)F)cc1)NCC. The monoisotopic (exact) mass is 269 g/mol. The number of rotatable bonds is 5. The minimum Gasteiger partial charge on any atom is -0.313 e. The van der Waals surface area contributed by atoms with E-state index in [-0.39, 0.29) is 6.04 Å². The average Bonchev–Trinajstić information content (AvgIpc) is 2.36. The van der Waals surface area contributed by atoms with Gasteiger partial charge in [0.15, 0.2) is 0 Å². The minimum atomic E-state index is -4.27. The smallest absolute Gasteiger partial charge is 0.313 e. The fourth-order valence-corrected chi connectivity index (χ4v) is 1.84. The topological polar surface area (TPSA) is 12.0 Å². The van der Waals surface area contributed by atoms with Crippen molar-refractivity contribution in [3.8, 4) is 11.8 Å². The summed E-state index contributed by atoms with van der Waals surface area (Å²) in [5.74, 6) is 5.83. The van der Waals surface area contributed by atoms with Crippen LogP contribution in [0.3, 0.4) is 0 Å². The largest absolute Gasteiger partial charge is 0.416 e. The Kier molecular flexibility index (Phi) is 5.91. The van der Waals surface area contributed by atoms with E-state index in [1.54, 1.807) is 6.92 Å². The molecule has 0 fully saturated rings. The third kappa shape index (κ3) is 5.35. The molecule has 1 N–H and O–H groups in total. The van der Waals surface area contributed by atoms with Crippen molar-refractivity contribution in [2.75, 3.05) is 6.54 Å². The van der Waals surface area contributed by atoms with E-state index < -0.39 is 11.7 Å². The summed E-state index contributed by atoms with van der Waals surface area (Å²) in [5.41, 5.74) is 0.279. The van der Waals surface area contributed by atoms with Gasteiger partial charge in [-0.2, -0.15) is 13.2 Å². The van der Waals surface area contributed by atoms with Crippen LogP contribution >= 0.6 is 0 Å². The van der Waals surface area contributed by atoms with Gasteiger partial charge in [-0.25, -0.2) is 0 Å². The van der Waals surface area contributed by atoms with E-state index in [0.717, 1.165) is 24.2 Å². The normalized spacial score (nSPS) is 12.7. The molecule has 1 aromatic carbocycles. The predicted octanol–water partition coefficient (Wildman–Crippen LogP) is 3.64. The van der Waals surface area contributed by atoms with Crippen LogP contribution in [0.2, 0.25) is 0 Å². The van der Waals surface area contributed by atoms with Crippen LogP contribution in [-0.4, -0.2) is 12.6 Å². The summed E-state index contributed by atoms with van der Waals surface area (Å²) >= 11 is 0. The first-order valence-electron chi connectivity index (χ1n) is 6.26. The Labute approximate surface area is 112 Å². The third-order valence-electron chi connectivity index (χ3n) is 2.78. The Morgan fingerprint density at radius 3 is 2.32 bits per heavy atom. The van der Waals surface area contributed by atoms with Crippen LogP contribution in [0.5, 0.6) is 0 Å². The van der Waals surface area contributed by atoms with Crippen molar-refractivity contribution < 1.29 is 13.2 Å². The molecule has 1 atom stereocenters. The Balaban J connectivity index is 2.71. The first-order chi connectivity index (χ1) is 8.97. The number of benzene rings is 1. The molecule has 0 heterocycles. The Hall–Kier alpha value is -1.47. The van der Waals surface area contributed by atoms with Crippen molar-refractivity contribution in [2.24, 2.45) is 0 Å². The van der Waals surface area contributed by atoms with Gasteiger partial charge in [0.2, 0.25) is 0 Å². The number of nitrogens with one attached hydrogen (secondary N) is 1. The highest BCUT2D eigenvalue weighted by atomic mass is 19.4. The standard InChI is InChI=1S/C15H18F3N/c1-3-5-6-14(19-4-2)11-12-7-9-13(10-8-12)15(16,17)18/h7-10,14,19H,4,6,11H2,1-2H3. The van der Waals surface area contributed by atoms with E-state index in [1.807, 2.05) is 6.92 Å². The molecule has 0 radical (unpaired) electrons. The highest BCUT2D eigenvalue weighted by molar-refractivity contribution is 5.25. The molecule has 1 unspecified atom stereocenters.